The molecule has 0 amide bonds. The van der Waals surface area contributed by atoms with Gasteiger partial charge in [-0.25, -0.2) is 30.7 Å². The molecule has 176 valence electrons. The minimum absolute atomic E-state index is 0.0257. The Morgan fingerprint density at radius 3 is 1.63 bits per heavy atom. The average molecular weight is 486 g/mol. The Morgan fingerprint density at radius 1 is 0.457 bits per heavy atom. The molecule has 0 atom stereocenters. The van der Waals surface area contributed by atoms with E-state index in [1.807, 2.05) is 0 Å². The van der Waals surface area contributed by atoms with Crippen molar-refractivity contribution < 1.29 is 35.5 Å². The van der Waals surface area contributed by atoms with Crippen LogP contribution in [0.4, 0.5) is 30.7 Å². The van der Waals surface area contributed by atoms with Crippen molar-refractivity contribution in [3.63, 3.8) is 0 Å². The van der Waals surface area contributed by atoms with Gasteiger partial charge in [-0.05, 0) is 69.1 Å². The van der Waals surface area contributed by atoms with Gasteiger partial charge in [-0.3, -0.25) is 0 Å². The van der Waals surface area contributed by atoms with Crippen molar-refractivity contribution in [1.82, 2.24) is 0 Å². The van der Waals surface area contributed by atoms with Gasteiger partial charge in [0, 0.05) is 17.7 Å². The minimum atomic E-state index is -1.30. The molecule has 0 aliphatic rings. The number of halogens is 7. The summed E-state index contributed by atoms with van der Waals surface area (Å²) in [6.45, 7) is 0. The molecule has 1 nitrogen and oxygen atoms in total. The predicted molar refractivity (Wildman–Crippen MR) is 119 cm³/mol. The van der Waals surface area contributed by atoms with Crippen molar-refractivity contribution in [2.75, 3.05) is 7.11 Å². The zero-order chi connectivity index (χ0) is 25.0. The summed E-state index contributed by atoms with van der Waals surface area (Å²) in [5.41, 5.74) is -0.684. The Bertz CT molecular complexity index is 1640. The SMILES string of the molecule is COc1cc(F)c(-c2c3ccc(F)cc3c(-c3ccc(F)c(F)c3)c3cc(F)c(F)cc23)c(F)c1. The Kier molecular flexibility index (Phi) is 5.39. The first-order chi connectivity index (χ1) is 16.7. The number of benzene rings is 5. The summed E-state index contributed by atoms with van der Waals surface area (Å²) >= 11 is 0. The third-order valence-corrected chi connectivity index (χ3v) is 5.83. The number of hydrogen-bond donors (Lipinski definition) is 0. The fraction of sp³-hybridized carbons (Fsp3) is 0.0370. The van der Waals surface area contributed by atoms with E-state index >= 15 is 8.78 Å². The molecular formula is C27H13F7O. The van der Waals surface area contributed by atoms with Crippen LogP contribution in [0.3, 0.4) is 0 Å². The van der Waals surface area contributed by atoms with E-state index in [1.165, 1.54) is 19.2 Å². The third kappa shape index (κ3) is 3.65. The van der Waals surface area contributed by atoms with Gasteiger partial charge in [0.1, 0.15) is 23.2 Å². The van der Waals surface area contributed by atoms with E-state index in [-0.39, 0.29) is 44.0 Å². The van der Waals surface area contributed by atoms with E-state index in [1.54, 1.807) is 0 Å². The van der Waals surface area contributed by atoms with Crippen molar-refractivity contribution in [1.29, 1.82) is 0 Å². The van der Waals surface area contributed by atoms with Crippen LogP contribution >= 0.6 is 0 Å². The summed E-state index contributed by atoms with van der Waals surface area (Å²) in [6, 6.07) is 9.50. The van der Waals surface area contributed by atoms with Crippen molar-refractivity contribution in [3.8, 4) is 28.0 Å². The second-order valence-corrected chi connectivity index (χ2v) is 7.85. The van der Waals surface area contributed by atoms with Crippen LogP contribution in [0.25, 0.3) is 43.8 Å². The smallest absolute Gasteiger partial charge is 0.159 e. The number of methoxy groups -OCH3 is 1. The molecule has 5 aromatic rings. The molecule has 0 radical (unpaired) electrons. The van der Waals surface area contributed by atoms with Crippen molar-refractivity contribution in [2.45, 2.75) is 0 Å². The molecule has 0 N–H and O–H groups in total. The lowest BCUT2D eigenvalue weighted by Gasteiger charge is -2.19. The van der Waals surface area contributed by atoms with Crippen LogP contribution in [0, 0.1) is 40.7 Å². The van der Waals surface area contributed by atoms with Crippen molar-refractivity contribution in [2.24, 2.45) is 0 Å². The molecule has 0 heterocycles. The molecule has 5 aromatic carbocycles. The van der Waals surface area contributed by atoms with E-state index < -0.39 is 46.3 Å². The van der Waals surface area contributed by atoms with Gasteiger partial charge in [-0.1, -0.05) is 12.1 Å². The Balaban J connectivity index is 2.04. The van der Waals surface area contributed by atoms with Crippen LogP contribution < -0.4 is 4.74 Å². The monoisotopic (exact) mass is 486 g/mol. The van der Waals surface area contributed by atoms with Gasteiger partial charge in [0.05, 0.1) is 12.7 Å². The average Bonchev–Trinajstić information content (AvgIpc) is 2.81. The van der Waals surface area contributed by atoms with E-state index in [4.69, 9.17) is 4.74 Å². The lowest BCUT2D eigenvalue weighted by molar-refractivity contribution is 0.407. The highest BCUT2D eigenvalue weighted by molar-refractivity contribution is 6.21. The van der Waals surface area contributed by atoms with Gasteiger partial charge in [0.15, 0.2) is 23.3 Å². The van der Waals surface area contributed by atoms with Crippen LogP contribution in [0.2, 0.25) is 0 Å². The van der Waals surface area contributed by atoms with E-state index in [2.05, 4.69) is 0 Å². The highest BCUT2D eigenvalue weighted by atomic mass is 19.2. The number of fused-ring (bicyclic) bond motifs is 2. The molecule has 0 aromatic heterocycles. The fourth-order valence-corrected chi connectivity index (χ4v) is 4.33. The maximum absolute atomic E-state index is 15.2. The summed E-state index contributed by atoms with van der Waals surface area (Å²) in [5, 5.41) is -0.102. The molecule has 35 heavy (non-hydrogen) atoms. The predicted octanol–water partition coefficient (Wildman–Crippen LogP) is 8.31. The minimum Gasteiger partial charge on any atom is -0.497 e. The van der Waals surface area contributed by atoms with E-state index in [9.17, 15) is 22.0 Å². The molecule has 0 saturated carbocycles. The molecule has 0 bridgehead atoms. The highest BCUT2D eigenvalue weighted by Gasteiger charge is 2.24. The molecular weight excluding hydrogens is 473 g/mol. The molecule has 0 unspecified atom stereocenters. The Hall–Kier alpha value is -4.07. The van der Waals surface area contributed by atoms with Crippen LogP contribution in [0.15, 0.2) is 60.7 Å². The quantitative estimate of drug-likeness (QED) is 0.184. The summed E-state index contributed by atoms with van der Waals surface area (Å²) in [7, 11) is 1.22. The lowest BCUT2D eigenvalue weighted by Crippen LogP contribution is -1.99. The van der Waals surface area contributed by atoms with Crippen LogP contribution in [-0.2, 0) is 0 Å². The highest BCUT2D eigenvalue weighted by Crippen LogP contribution is 2.46. The Labute approximate surface area is 194 Å². The molecule has 0 saturated heterocycles. The van der Waals surface area contributed by atoms with Gasteiger partial charge in [0.2, 0.25) is 0 Å². The first-order valence-corrected chi connectivity index (χ1v) is 10.2. The number of hydrogen-bond acceptors (Lipinski definition) is 1. The molecule has 0 fully saturated rings. The summed E-state index contributed by atoms with van der Waals surface area (Å²) in [6.07, 6.45) is 0. The van der Waals surface area contributed by atoms with Crippen LogP contribution in [0.5, 0.6) is 5.75 Å². The van der Waals surface area contributed by atoms with Crippen LogP contribution in [-0.4, -0.2) is 7.11 Å². The second kappa shape index (κ2) is 8.30. The fourth-order valence-electron chi connectivity index (χ4n) is 4.33. The van der Waals surface area contributed by atoms with E-state index in [0.717, 1.165) is 48.5 Å². The molecule has 0 aliphatic carbocycles. The van der Waals surface area contributed by atoms with Crippen molar-refractivity contribution in [3.05, 3.63) is 101 Å². The lowest BCUT2D eigenvalue weighted by atomic mass is 9.85. The molecule has 0 aliphatic heterocycles. The summed E-state index contributed by atoms with van der Waals surface area (Å²) < 4.78 is 106. The number of ether oxygens (including phenoxy) is 1. The van der Waals surface area contributed by atoms with Gasteiger partial charge in [-0.15, -0.1) is 0 Å². The van der Waals surface area contributed by atoms with Gasteiger partial charge in [0.25, 0.3) is 0 Å². The zero-order valence-corrected chi connectivity index (χ0v) is 17.8. The molecule has 5 rings (SSSR count). The second-order valence-electron chi connectivity index (χ2n) is 7.85. The first kappa shape index (κ1) is 22.7. The third-order valence-electron chi connectivity index (χ3n) is 5.83. The van der Waals surface area contributed by atoms with Gasteiger partial charge >= 0.3 is 0 Å². The summed E-state index contributed by atoms with van der Waals surface area (Å²) in [5.74, 6) is -7.93. The molecule has 8 heteroatoms. The normalized spacial score (nSPS) is 11.4. The zero-order valence-electron chi connectivity index (χ0n) is 17.8. The Morgan fingerprint density at radius 2 is 1.03 bits per heavy atom. The van der Waals surface area contributed by atoms with Gasteiger partial charge < -0.3 is 4.74 Å². The van der Waals surface area contributed by atoms with Crippen molar-refractivity contribution >= 4 is 21.5 Å². The maximum Gasteiger partial charge on any atom is 0.159 e. The number of rotatable bonds is 3. The maximum atomic E-state index is 15.2. The summed E-state index contributed by atoms with van der Waals surface area (Å²) in [4.78, 5) is 0. The standard InChI is InChI=1S/C27H13F7O/c1-35-14-8-23(33)27(24(34)9-14)26-15-4-3-13(28)7-16(15)25(12-2-5-19(29)20(30)6-12)17-10-21(31)22(32)11-18(17)26/h2-11H,1H3. The first-order valence-electron chi connectivity index (χ1n) is 10.2. The molecule has 0 spiro atoms. The van der Waals surface area contributed by atoms with Gasteiger partial charge in [-0.2, -0.15) is 0 Å². The largest absolute Gasteiger partial charge is 0.497 e. The topological polar surface area (TPSA) is 9.23 Å². The van der Waals surface area contributed by atoms with E-state index in [0.29, 0.717) is 0 Å². The van der Waals surface area contributed by atoms with Crippen LogP contribution in [0.1, 0.15) is 0 Å².